The molecule has 0 aliphatic heterocycles. The molecule has 0 fully saturated rings. The highest BCUT2D eigenvalue weighted by Gasteiger charge is 2.14. The van der Waals surface area contributed by atoms with E-state index in [9.17, 15) is 9.90 Å². The van der Waals surface area contributed by atoms with Gasteiger partial charge >= 0.3 is 5.97 Å². The lowest BCUT2D eigenvalue weighted by atomic mass is 10.1. The van der Waals surface area contributed by atoms with E-state index in [0.717, 1.165) is 28.5 Å². The largest absolute Gasteiger partial charge is 0.496 e. The highest BCUT2D eigenvalue weighted by Crippen LogP contribution is 2.29. The number of carbonyl (C=O) groups is 1. The average Bonchev–Trinajstić information content (AvgIpc) is 3.11. The summed E-state index contributed by atoms with van der Waals surface area (Å²) < 4.78 is 5.28. The fourth-order valence-corrected chi connectivity index (χ4v) is 3.17. The number of ether oxygens (including phenoxy) is 1. The fraction of sp³-hybridized carbons (Fsp3) is 0.105. The number of aromatic amines is 1. The minimum atomic E-state index is -1.06. The Bertz CT molecular complexity index is 1000. The van der Waals surface area contributed by atoms with E-state index in [1.807, 2.05) is 31.2 Å². The van der Waals surface area contributed by atoms with Crippen molar-refractivity contribution in [3.63, 3.8) is 0 Å². The Kier molecular flexibility index (Phi) is 5.83. The number of rotatable bonds is 6. The molecule has 6 nitrogen and oxygen atoms in total. The van der Waals surface area contributed by atoms with Gasteiger partial charge in [0, 0.05) is 10.6 Å². The van der Waals surface area contributed by atoms with E-state index in [1.165, 1.54) is 0 Å². The maximum Gasteiger partial charge on any atom is 0.342 e. The summed E-state index contributed by atoms with van der Waals surface area (Å²) in [6, 6.07) is 12.6. The second-order valence-electron chi connectivity index (χ2n) is 5.62. The van der Waals surface area contributed by atoms with Gasteiger partial charge in [-0.1, -0.05) is 23.7 Å². The summed E-state index contributed by atoms with van der Waals surface area (Å²) in [5, 5.41) is 17.4. The van der Waals surface area contributed by atoms with Crippen molar-refractivity contribution >= 4 is 35.4 Å². The van der Waals surface area contributed by atoms with Crippen molar-refractivity contribution in [1.29, 1.82) is 0 Å². The van der Waals surface area contributed by atoms with Crippen LogP contribution in [0, 0.1) is 6.92 Å². The fourth-order valence-electron chi connectivity index (χ4n) is 2.34. The van der Waals surface area contributed by atoms with Crippen molar-refractivity contribution in [3.8, 4) is 17.1 Å². The van der Waals surface area contributed by atoms with Gasteiger partial charge in [0.05, 0.1) is 7.11 Å². The predicted octanol–water partition coefficient (Wildman–Crippen LogP) is 4.66. The number of hydrogen-bond donors (Lipinski definition) is 2. The molecule has 2 aromatic carbocycles. The minimum Gasteiger partial charge on any atom is -0.496 e. The van der Waals surface area contributed by atoms with Crippen LogP contribution in [0.2, 0.25) is 5.02 Å². The van der Waals surface area contributed by atoms with Gasteiger partial charge in [0.1, 0.15) is 10.7 Å². The van der Waals surface area contributed by atoms with Crippen LogP contribution in [0.25, 0.3) is 17.5 Å². The lowest BCUT2D eigenvalue weighted by Crippen LogP contribution is -1.97. The molecule has 2 N–H and O–H groups in total. The number of halogens is 1. The number of aliphatic carboxylic acids is 1. The van der Waals surface area contributed by atoms with E-state index in [-0.39, 0.29) is 4.91 Å². The highest BCUT2D eigenvalue weighted by molar-refractivity contribution is 8.04. The number of nitrogens with one attached hydrogen (secondary N) is 1. The smallest absolute Gasteiger partial charge is 0.342 e. The Labute approximate surface area is 165 Å². The second-order valence-corrected chi connectivity index (χ2v) is 7.06. The molecule has 3 aromatic rings. The van der Waals surface area contributed by atoms with E-state index >= 15 is 0 Å². The first-order valence-corrected chi connectivity index (χ1v) is 9.11. The number of aryl methyl sites for hydroxylation is 1. The van der Waals surface area contributed by atoms with E-state index < -0.39 is 5.97 Å². The molecule has 138 valence electrons. The zero-order valence-electron chi connectivity index (χ0n) is 14.6. The van der Waals surface area contributed by atoms with Gasteiger partial charge in [-0.25, -0.2) is 9.78 Å². The molecule has 0 aliphatic carbocycles. The lowest BCUT2D eigenvalue weighted by molar-refractivity contribution is -0.131. The summed E-state index contributed by atoms with van der Waals surface area (Å²) in [5.41, 5.74) is 2.50. The van der Waals surface area contributed by atoms with E-state index in [0.29, 0.717) is 21.8 Å². The maximum atomic E-state index is 11.6. The van der Waals surface area contributed by atoms with Crippen LogP contribution in [0.3, 0.4) is 0 Å². The Balaban J connectivity index is 1.85. The number of hydrogen-bond acceptors (Lipinski definition) is 5. The molecule has 3 rings (SSSR count). The lowest BCUT2D eigenvalue weighted by Gasteiger charge is -2.06. The molecular weight excluding hydrogens is 386 g/mol. The number of nitrogens with zero attached hydrogens (tertiary/aromatic N) is 2. The molecule has 0 aliphatic rings. The molecule has 1 aromatic heterocycles. The van der Waals surface area contributed by atoms with Crippen molar-refractivity contribution in [2.45, 2.75) is 12.1 Å². The van der Waals surface area contributed by atoms with E-state index in [2.05, 4.69) is 15.2 Å². The van der Waals surface area contributed by atoms with Crippen LogP contribution in [0.1, 0.15) is 11.1 Å². The standard InChI is InChI=1S/C19H16ClN3O3S/c1-11-3-4-12(9-15(11)26-2)10-16(18(24)25)27-19-21-17(22-23-19)13-5-7-14(20)8-6-13/h3-10H,1-2H3,(H,24,25)(H,21,22,23)/b16-10-. The molecule has 0 spiro atoms. The summed E-state index contributed by atoms with van der Waals surface area (Å²) in [6.45, 7) is 1.92. The van der Waals surface area contributed by atoms with Crippen molar-refractivity contribution in [2.24, 2.45) is 0 Å². The molecule has 0 amide bonds. The molecule has 1 heterocycles. The van der Waals surface area contributed by atoms with Crippen molar-refractivity contribution in [2.75, 3.05) is 7.11 Å². The Hall–Kier alpha value is -2.77. The predicted molar refractivity (Wildman–Crippen MR) is 106 cm³/mol. The highest BCUT2D eigenvalue weighted by atomic mass is 35.5. The topological polar surface area (TPSA) is 88.1 Å². The van der Waals surface area contributed by atoms with Crippen LogP contribution in [0.4, 0.5) is 0 Å². The molecule has 8 heteroatoms. The van der Waals surface area contributed by atoms with Crippen LogP contribution in [0.5, 0.6) is 5.75 Å². The molecule has 0 saturated carbocycles. The average molecular weight is 402 g/mol. The number of aromatic nitrogens is 3. The van der Waals surface area contributed by atoms with Gasteiger partial charge < -0.3 is 9.84 Å². The van der Waals surface area contributed by atoms with E-state index in [4.69, 9.17) is 16.3 Å². The number of thioether (sulfide) groups is 1. The van der Waals surface area contributed by atoms with Crippen molar-refractivity contribution in [1.82, 2.24) is 15.2 Å². The molecule has 0 saturated heterocycles. The number of carboxylic acid groups (broad SMARTS) is 1. The third-order valence-corrected chi connectivity index (χ3v) is 4.85. The summed E-state index contributed by atoms with van der Waals surface area (Å²) in [6.07, 6.45) is 1.56. The van der Waals surface area contributed by atoms with Crippen LogP contribution in [-0.2, 0) is 4.79 Å². The molecule has 27 heavy (non-hydrogen) atoms. The van der Waals surface area contributed by atoms with Crippen LogP contribution >= 0.6 is 23.4 Å². The third kappa shape index (κ3) is 4.69. The monoisotopic (exact) mass is 401 g/mol. The van der Waals surface area contributed by atoms with Gasteiger partial charge in [-0.2, -0.15) is 0 Å². The van der Waals surface area contributed by atoms with Gasteiger partial charge in [-0.05, 0) is 66.2 Å². The van der Waals surface area contributed by atoms with Crippen LogP contribution in [0.15, 0.2) is 52.5 Å². The first-order chi connectivity index (χ1) is 13.0. The normalized spacial score (nSPS) is 11.4. The van der Waals surface area contributed by atoms with Gasteiger partial charge in [-0.3, -0.25) is 5.10 Å². The minimum absolute atomic E-state index is 0.0996. The quantitative estimate of drug-likeness (QED) is 0.461. The number of H-pyrrole nitrogens is 1. The number of benzene rings is 2. The van der Waals surface area contributed by atoms with Gasteiger partial charge in [0.25, 0.3) is 0 Å². The number of carboxylic acids is 1. The van der Waals surface area contributed by atoms with Crippen LogP contribution < -0.4 is 4.74 Å². The van der Waals surface area contributed by atoms with Crippen molar-refractivity contribution < 1.29 is 14.6 Å². The van der Waals surface area contributed by atoms with Crippen molar-refractivity contribution in [3.05, 3.63) is 63.5 Å². The Morgan fingerprint density at radius 2 is 2.00 bits per heavy atom. The Morgan fingerprint density at radius 1 is 1.26 bits per heavy atom. The summed E-state index contributed by atoms with van der Waals surface area (Å²) >= 11 is 6.85. The third-order valence-electron chi connectivity index (χ3n) is 3.72. The summed E-state index contributed by atoms with van der Waals surface area (Å²) in [4.78, 5) is 16.1. The molecular formula is C19H16ClN3O3S. The van der Waals surface area contributed by atoms with Gasteiger partial charge in [0.2, 0.25) is 5.16 Å². The van der Waals surface area contributed by atoms with Crippen LogP contribution in [-0.4, -0.2) is 33.4 Å². The first kappa shape index (κ1) is 19.0. The summed E-state index contributed by atoms with van der Waals surface area (Å²) in [5.74, 6) is 0.176. The SMILES string of the molecule is COc1cc(/C=C(\Sc2n[nH]c(-c3ccc(Cl)cc3)n2)C(=O)O)ccc1C. The zero-order chi connectivity index (χ0) is 19.4. The van der Waals surface area contributed by atoms with Gasteiger partial charge in [0.15, 0.2) is 5.82 Å². The molecule has 0 atom stereocenters. The summed E-state index contributed by atoms with van der Waals surface area (Å²) in [7, 11) is 1.58. The molecule has 0 bridgehead atoms. The second kappa shape index (κ2) is 8.28. The Morgan fingerprint density at radius 3 is 2.67 bits per heavy atom. The van der Waals surface area contributed by atoms with Gasteiger partial charge in [-0.15, -0.1) is 5.10 Å². The molecule has 0 radical (unpaired) electrons. The van der Waals surface area contributed by atoms with E-state index in [1.54, 1.807) is 31.4 Å². The maximum absolute atomic E-state index is 11.6. The molecule has 0 unspecified atom stereocenters. The first-order valence-electron chi connectivity index (χ1n) is 7.92. The number of methoxy groups -OCH3 is 1. The zero-order valence-corrected chi connectivity index (χ0v) is 16.1.